The number of halogens is 3. The van der Waals surface area contributed by atoms with Crippen LogP contribution in [0.4, 0.5) is 22.8 Å². The number of benzene rings is 2. The van der Waals surface area contributed by atoms with E-state index in [1.54, 1.807) is 36.4 Å². The number of alkyl halides is 3. The van der Waals surface area contributed by atoms with Crippen molar-refractivity contribution in [1.29, 1.82) is 0 Å². The fourth-order valence-electron chi connectivity index (χ4n) is 4.33. The molecule has 4 aromatic rings. The number of imide groups is 2. The molecular formula is C30H21F3N2O8S2. The first-order valence-corrected chi connectivity index (χ1v) is 14.8. The largest absolute Gasteiger partial charge is 0.478 e. The Morgan fingerprint density at radius 2 is 1.24 bits per heavy atom. The lowest BCUT2D eigenvalue weighted by Crippen LogP contribution is -2.25. The first-order valence-electron chi connectivity index (χ1n) is 13.1. The van der Waals surface area contributed by atoms with Gasteiger partial charge in [-0.3, -0.25) is 29.8 Å². The third kappa shape index (κ3) is 7.85. The molecule has 3 N–H and O–H groups in total. The van der Waals surface area contributed by atoms with Crippen LogP contribution in [0.1, 0.15) is 27.4 Å². The van der Waals surface area contributed by atoms with Crippen LogP contribution >= 0.6 is 23.5 Å². The minimum Gasteiger partial charge on any atom is -0.478 e. The highest BCUT2D eigenvalue weighted by Crippen LogP contribution is 2.33. The molecule has 10 nitrogen and oxygen atoms in total. The van der Waals surface area contributed by atoms with Gasteiger partial charge in [0.25, 0.3) is 10.5 Å². The van der Waals surface area contributed by atoms with Gasteiger partial charge in [0.1, 0.15) is 33.5 Å². The van der Waals surface area contributed by atoms with Gasteiger partial charge in [0.2, 0.25) is 11.8 Å². The van der Waals surface area contributed by atoms with Crippen molar-refractivity contribution >= 4 is 51.8 Å². The van der Waals surface area contributed by atoms with Crippen molar-refractivity contribution in [2.75, 3.05) is 0 Å². The Bertz CT molecular complexity index is 1780. The molecule has 15 heteroatoms. The summed E-state index contributed by atoms with van der Waals surface area (Å²) in [6.45, 7) is 0. The number of amides is 4. The lowest BCUT2D eigenvalue weighted by atomic mass is 10.1. The van der Waals surface area contributed by atoms with Crippen LogP contribution in [0.3, 0.4) is 0 Å². The molecule has 0 aliphatic carbocycles. The fourth-order valence-corrected chi connectivity index (χ4v) is 6.00. The summed E-state index contributed by atoms with van der Waals surface area (Å²) in [6.07, 6.45) is -3.90. The number of hydrogen-bond donors (Lipinski definition) is 3. The molecule has 2 aliphatic rings. The molecule has 2 aromatic carbocycles. The minimum atomic E-state index is -4.43. The number of carboxylic acid groups (broad SMARTS) is 1. The van der Waals surface area contributed by atoms with Crippen molar-refractivity contribution in [1.82, 2.24) is 10.6 Å². The van der Waals surface area contributed by atoms with Crippen LogP contribution < -0.4 is 10.6 Å². The Morgan fingerprint density at radius 3 is 1.69 bits per heavy atom. The standard InChI is InChI=1S/C15H10F3NO3S.C15H11NO5S/c16-15(17,18)9-3-1-2-8(6-9)11-5-4-10(22-11)7-12-13(20)19-14(21)23-12;17-13-12(22-15(20)16-13)7-10-5-6-11(21-10)8-1-3-9(4-2-8)14(18)19/h1-6,12H,7H2,(H,19,20,21);1-6,12H,7H2,(H,18,19)(H,16,17,20). The van der Waals surface area contributed by atoms with Crippen LogP contribution in [-0.2, 0) is 28.6 Å². The van der Waals surface area contributed by atoms with Gasteiger partial charge in [0, 0.05) is 24.0 Å². The normalized spacial score (nSPS) is 17.9. The molecule has 2 atom stereocenters. The number of rotatable bonds is 7. The van der Waals surface area contributed by atoms with Gasteiger partial charge in [-0.15, -0.1) is 0 Å². The number of carboxylic acids is 1. The van der Waals surface area contributed by atoms with Crippen molar-refractivity contribution in [2.24, 2.45) is 0 Å². The minimum absolute atomic E-state index is 0.196. The summed E-state index contributed by atoms with van der Waals surface area (Å²) in [4.78, 5) is 56.1. The van der Waals surface area contributed by atoms with Crippen LogP contribution in [0.2, 0.25) is 0 Å². The third-order valence-electron chi connectivity index (χ3n) is 6.52. The highest BCUT2D eigenvalue weighted by Gasteiger charge is 2.34. The highest BCUT2D eigenvalue weighted by molar-refractivity contribution is 8.15. The van der Waals surface area contributed by atoms with Crippen LogP contribution in [0.25, 0.3) is 22.6 Å². The van der Waals surface area contributed by atoms with Crippen molar-refractivity contribution < 1.29 is 51.1 Å². The summed E-state index contributed by atoms with van der Waals surface area (Å²) in [5, 5.41) is 11.5. The molecule has 0 radical (unpaired) electrons. The number of hydrogen-bond acceptors (Lipinski definition) is 9. The SMILES string of the molecule is O=C1NC(=O)C(Cc2ccc(-c3ccc(C(=O)O)cc3)o2)S1.O=C1NC(=O)C(Cc2ccc(-c3cccc(C(F)(F)F)c3)o2)S1. The zero-order chi connectivity index (χ0) is 32.3. The van der Waals surface area contributed by atoms with Gasteiger partial charge in [-0.1, -0.05) is 47.8 Å². The van der Waals surface area contributed by atoms with E-state index in [4.69, 9.17) is 13.9 Å². The Morgan fingerprint density at radius 1 is 0.733 bits per heavy atom. The summed E-state index contributed by atoms with van der Waals surface area (Å²) in [5.41, 5.74) is 0.485. The predicted molar refractivity (Wildman–Crippen MR) is 157 cm³/mol. The Hall–Kier alpha value is -4.76. The van der Waals surface area contributed by atoms with E-state index in [2.05, 4.69) is 10.6 Å². The fraction of sp³-hybridized carbons (Fsp3) is 0.167. The molecule has 0 saturated carbocycles. The number of aromatic carboxylic acids is 1. The Labute approximate surface area is 260 Å². The average molecular weight is 659 g/mol. The highest BCUT2D eigenvalue weighted by atomic mass is 32.2. The monoisotopic (exact) mass is 658 g/mol. The zero-order valence-electron chi connectivity index (χ0n) is 22.8. The van der Waals surface area contributed by atoms with E-state index in [9.17, 15) is 37.1 Å². The van der Waals surface area contributed by atoms with Crippen molar-refractivity contribution in [3.8, 4) is 22.6 Å². The number of thioether (sulfide) groups is 2. The van der Waals surface area contributed by atoms with E-state index in [1.165, 1.54) is 24.3 Å². The lowest BCUT2D eigenvalue weighted by Gasteiger charge is -2.07. The number of carbonyl (C=O) groups excluding carboxylic acids is 4. The molecule has 2 fully saturated rings. The van der Waals surface area contributed by atoms with Crippen LogP contribution in [0, 0.1) is 0 Å². The zero-order valence-corrected chi connectivity index (χ0v) is 24.4. The van der Waals surface area contributed by atoms with E-state index in [1.807, 2.05) is 0 Å². The first kappa shape index (κ1) is 31.7. The van der Waals surface area contributed by atoms with Gasteiger partial charge >= 0.3 is 12.1 Å². The molecule has 0 bridgehead atoms. The smallest absolute Gasteiger partial charge is 0.416 e. The van der Waals surface area contributed by atoms with E-state index < -0.39 is 39.4 Å². The summed E-state index contributed by atoms with van der Waals surface area (Å²) in [7, 11) is 0. The topological polar surface area (TPSA) is 156 Å². The third-order valence-corrected chi connectivity index (χ3v) is 8.48. The molecule has 4 amide bonds. The molecule has 2 saturated heterocycles. The molecule has 2 aromatic heterocycles. The maximum absolute atomic E-state index is 12.7. The Balaban J connectivity index is 0.000000178. The summed E-state index contributed by atoms with van der Waals surface area (Å²) >= 11 is 1.82. The lowest BCUT2D eigenvalue weighted by molar-refractivity contribution is -0.137. The van der Waals surface area contributed by atoms with Crippen LogP contribution in [0.15, 0.2) is 81.6 Å². The van der Waals surface area contributed by atoms with Gasteiger partial charge in [-0.25, -0.2) is 4.79 Å². The number of carbonyl (C=O) groups is 5. The second kappa shape index (κ2) is 13.1. The summed E-state index contributed by atoms with van der Waals surface area (Å²) < 4.78 is 49.4. The second-order valence-electron chi connectivity index (χ2n) is 9.67. The van der Waals surface area contributed by atoms with Gasteiger partial charge < -0.3 is 13.9 Å². The van der Waals surface area contributed by atoms with E-state index in [-0.39, 0.29) is 28.9 Å². The maximum Gasteiger partial charge on any atom is 0.416 e. The molecule has 45 heavy (non-hydrogen) atoms. The second-order valence-corrected chi connectivity index (χ2v) is 12.0. The van der Waals surface area contributed by atoms with Gasteiger partial charge in [-0.2, -0.15) is 13.2 Å². The first-order chi connectivity index (χ1) is 21.4. The number of furan rings is 2. The van der Waals surface area contributed by atoms with Crippen molar-refractivity contribution in [2.45, 2.75) is 29.5 Å². The average Bonchev–Trinajstić information content (AvgIpc) is 3.78. The molecule has 2 unspecified atom stereocenters. The van der Waals surface area contributed by atoms with E-state index >= 15 is 0 Å². The molecule has 0 spiro atoms. The van der Waals surface area contributed by atoms with Crippen LogP contribution in [0.5, 0.6) is 0 Å². The van der Waals surface area contributed by atoms with E-state index in [0.717, 1.165) is 41.2 Å². The molecule has 6 rings (SSSR count). The Kier molecular flexibility index (Phi) is 9.20. The van der Waals surface area contributed by atoms with E-state index in [0.29, 0.717) is 29.3 Å². The summed E-state index contributed by atoms with van der Waals surface area (Å²) in [5.74, 6) is 0.207. The van der Waals surface area contributed by atoms with Crippen LogP contribution in [-0.4, -0.2) is 43.9 Å². The molecule has 2 aliphatic heterocycles. The van der Waals surface area contributed by atoms with Gasteiger partial charge in [0.15, 0.2) is 0 Å². The predicted octanol–water partition coefficient (Wildman–Crippen LogP) is 6.40. The van der Waals surface area contributed by atoms with Gasteiger partial charge in [0.05, 0.1) is 11.1 Å². The number of nitrogens with one attached hydrogen (secondary N) is 2. The molecule has 4 heterocycles. The quantitative estimate of drug-likeness (QED) is 0.203. The molecular weight excluding hydrogens is 637 g/mol. The maximum atomic E-state index is 12.7. The van der Waals surface area contributed by atoms with Gasteiger partial charge in [-0.05, 0) is 48.5 Å². The molecule has 232 valence electrons. The van der Waals surface area contributed by atoms with Crippen molar-refractivity contribution in [3.05, 3.63) is 95.4 Å². The summed E-state index contributed by atoms with van der Waals surface area (Å²) in [6, 6.07) is 17.8. The van der Waals surface area contributed by atoms with Crippen molar-refractivity contribution in [3.63, 3.8) is 0 Å².